The molecule has 2 unspecified atom stereocenters. The fourth-order valence-electron chi connectivity index (χ4n) is 3.04. The minimum atomic E-state index is -0.700. The maximum Gasteiger partial charge on any atom is 0.238 e. The average Bonchev–Trinajstić information content (AvgIpc) is 2.73. The molecule has 0 aliphatic carbocycles. The molecular formula is C19H23N5O4. The Morgan fingerprint density at radius 1 is 1.25 bits per heavy atom. The minimum Gasteiger partial charge on any atom is -0.497 e. The Labute approximate surface area is 162 Å². The summed E-state index contributed by atoms with van der Waals surface area (Å²) in [7, 11) is 3.14. The summed E-state index contributed by atoms with van der Waals surface area (Å²) >= 11 is 0. The lowest BCUT2D eigenvalue weighted by atomic mass is 10.0. The largest absolute Gasteiger partial charge is 0.497 e. The van der Waals surface area contributed by atoms with Crippen LogP contribution in [0.3, 0.4) is 0 Å². The molecule has 2 heterocycles. The zero-order valence-electron chi connectivity index (χ0n) is 15.9. The molecule has 1 aromatic heterocycles. The van der Waals surface area contributed by atoms with Crippen LogP contribution in [0.5, 0.6) is 11.5 Å². The van der Waals surface area contributed by atoms with Gasteiger partial charge in [-0.1, -0.05) is 0 Å². The van der Waals surface area contributed by atoms with Gasteiger partial charge in [0.25, 0.3) is 0 Å². The van der Waals surface area contributed by atoms with Crippen LogP contribution in [0.1, 0.15) is 36.9 Å². The second-order valence-corrected chi connectivity index (χ2v) is 6.37. The number of carbonyl (C=O) groups is 2. The summed E-state index contributed by atoms with van der Waals surface area (Å²) in [5, 5.41) is 8.76. The second kappa shape index (κ2) is 8.66. The van der Waals surface area contributed by atoms with Gasteiger partial charge in [-0.3, -0.25) is 14.9 Å². The number of methoxy groups -OCH3 is 2. The van der Waals surface area contributed by atoms with Crippen molar-refractivity contribution >= 4 is 11.8 Å². The zero-order valence-corrected chi connectivity index (χ0v) is 15.9. The molecule has 9 nitrogen and oxygen atoms in total. The van der Waals surface area contributed by atoms with E-state index in [1.165, 1.54) is 0 Å². The Morgan fingerprint density at radius 2 is 2.00 bits per heavy atom. The smallest absolute Gasteiger partial charge is 0.238 e. The molecule has 0 bridgehead atoms. The van der Waals surface area contributed by atoms with Crippen molar-refractivity contribution < 1.29 is 19.1 Å². The maximum atomic E-state index is 12.8. The number of hydrogen-bond donors (Lipinski definition) is 3. The molecule has 148 valence electrons. The van der Waals surface area contributed by atoms with E-state index in [0.29, 0.717) is 17.3 Å². The molecule has 1 aliphatic rings. The second-order valence-electron chi connectivity index (χ2n) is 6.37. The van der Waals surface area contributed by atoms with E-state index in [4.69, 9.17) is 9.47 Å². The summed E-state index contributed by atoms with van der Waals surface area (Å²) in [4.78, 5) is 33.1. The SMILES string of the molecule is COc1ccc([C@@H](C)NC(=O)C2CC(=O)NC(c3ncccn3)N2)c(OC)c1. The molecule has 1 aromatic carbocycles. The van der Waals surface area contributed by atoms with E-state index in [0.717, 1.165) is 5.56 Å². The van der Waals surface area contributed by atoms with Gasteiger partial charge in [-0.2, -0.15) is 0 Å². The van der Waals surface area contributed by atoms with Crippen molar-refractivity contribution in [3.05, 3.63) is 48.0 Å². The highest BCUT2D eigenvalue weighted by molar-refractivity contribution is 5.89. The standard InChI is InChI=1S/C19H23N5O4/c1-11(13-6-5-12(27-2)9-15(13)28-3)22-19(26)14-10-16(25)24-18(23-14)17-20-7-4-8-21-17/h4-9,11,14,18,23H,10H2,1-3H3,(H,22,26)(H,24,25)/t11-,14?,18?/m1/s1. The van der Waals surface area contributed by atoms with Crippen LogP contribution in [0.25, 0.3) is 0 Å². The predicted molar refractivity (Wildman–Crippen MR) is 101 cm³/mol. The summed E-state index contributed by atoms with van der Waals surface area (Å²) in [5.41, 5.74) is 0.805. The minimum absolute atomic E-state index is 0.0294. The normalized spacial score (nSPS) is 20.0. The van der Waals surface area contributed by atoms with Crippen LogP contribution >= 0.6 is 0 Å². The van der Waals surface area contributed by atoms with Crippen LogP contribution in [-0.4, -0.2) is 42.0 Å². The highest BCUT2D eigenvalue weighted by Gasteiger charge is 2.33. The van der Waals surface area contributed by atoms with E-state index in [9.17, 15) is 9.59 Å². The van der Waals surface area contributed by atoms with Crippen LogP contribution in [-0.2, 0) is 9.59 Å². The fourth-order valence-corrected chi connectivity index (χ4v) is 3.04. The monoisotopic (exact) mass is 385 g/mol. The third kappa shape index (κ3) is 4.37. The van der Waals surface area contributed by atoms with Crippen LogP contribution in [0.2, 0.25) is 0 Å². The first-order valence-electron chi connectivity index (χ1n) is 8.86. The lowest BCUT2D eigenvalue weighted by Crippen LogP contribution is -2.56. The fraction of sp³-hybridized carbons (Fsp3) is 0.368. The number of hydrogen-bond acceptors (Lipinski definition) is 7. The third-order valence-electron chi connectivity index (χ3n) is 4.49. The molecule has 3 rings (SSSR count). The molecule has 2 amide bonds. The first kappa shape index (κ1) is 19.6. The van der Waals surface area contributed by atoms with Crippen molar-refractivity contribution in [2.75, 3.05) is 14.2 Å². The first-order valence-corrected chi connectivity index (χ1v) is 8.86. The quantitative estimate of drug-likeness (QED) is 0.675. The van der Waals surface area contributed by atoms with Crippen molar-refractivity contribution in [1.82, 2.24) is 25.9 Å². The van der Waals surface area contributed by atoms with E-state index in [1.54, 1.807) is 44.8 Å². The van der Waals surface area contributed by atoms with Crippen molar-refractivity contribution in [3.63, 3.8) is 0 Å². The molecule has 0 spiro atoms. The summed E-state index contributed by atoms with van der Waals surface area (Å²) in [6, 6.07) is 6.05. The number of ether oxygens (including phenoxy) is 2. The van der Waals surface area contributed by atoms with Gasteiger partial charge in [0.2, 0.25) is 11.8 Å². The van der Waals surface area contributed by atoms with Gasteiger partial charge >= 0.3 is 0 Å². The van der Waals surface area contributed by atoms with Crippen LogP contribution in [0.15, 0.2) is 36.7 Å². The van der Waals surface area contributed by atoms with Crippen molar-refractivity contribution in [2.24, 2.45) is 0 Å². The Morgan fingerprint density at radius 3 is 2.68 bits per heavy atom. The van der Waals surface area contributed by atoms with Gasteiger partial charge in [0.15, 0.2) is 5.82 Å². The number of aromatic nitrogens is 2. The van der Waals surface area contributed by atoms with Gasteiger partial charge in [-0.25, -0.2) is 9.97 Å². The number of benzene rings is 1. The maximum absolute atomic E-state index is 12.8. The summed E-state index contributed by atoms with van der Waals surface area (Å²) in [6.07, 6.45) is 2.57. The zero-order chi connectivity index (χ0) is 20.1. The molecule has 28 heavy (non-hydrogen) atoms. The molecule has 0 saturated carbocycles. The van der Waals surface area contributed by atoms with Gasteiger partial charge < -0.3 is 20.1 Å². The van der Waals surface area contributed by atoms with Crippen LogP contribution in [0.4, 0.5) is 0 Å². The highest BCUT2D eigenvalue weighted by Crippen LogP contribution is 2.29. The van der Waals surface area contributed by atoms with Crippen LogP contribution < -0.4 is 25.4 Å². The molecule has 3 atom stereocenters. The number of amides is 2. The number of rotatable bonds is 6. The summed E-state index contributed by atoms with van der Waals surface area (Å²) in [5.74, 6) is 1.14. The Kier molecular flexibility index (Phi) is 6.05. The number of carbonyl (C=O) groups excluding carboxylic acids is 2. The first-order chi connectivity index (χ1) is 13.5. The predicted octanol–water partition coefficient (Wildman–Crippen LogP) is 0.848. The number of nitrogens with zero attached hydrogens (tertiary/aromatic N) is 2. The molecule has 2 aromatic rings. The summed E-state index contributed by atoms with van der Waals surface area (Å²) in [6.45, 7) is 1.85. The van der Waals surface area contributed by atoms with Gasteiger partial charge in [0.1, 0.15) is 17.7 Å². The molecule has 1 saturated heterocycles. The number of nitrogens with one attached hydrogen (secondary N) is 3. The highest BCUT2D eigenvalue weighted by atomic mass is 16.5. The van der Waals surface area contributed by atoms with E-state index >= 15 is 0 Å². The van der Waals surface area contributed by atoms with Gasteiger partial charge in [0, 0.05) is 24.0 Å². The lowest BCUT2D eigenvalue weighted by molar-refractivity contribution is -0.132. The molecule has 1 aliphatic heterocycles. The van der Waals surface area contributed by atoms with Crippen molar-refractivity contribution in [3.8, 4) is 11.5 Å². The third-order valence-corrected chi connectivity index (χ3v) is 4.49. The van der Waals surface area contributed by atoms with Crippen molar-refractivity contribution in [2.45, 2.75) is 31.6 Å². The average molecular weight is 385 g/mol. The van der Waals surface area contributed by atoms with Crippen molar-refractivity contribution in [1.29, 1.82) is 0 Å². The molecule has 3 N–H and O–H groups in total. The van der Waals surface area contributed by atoms with E-state index < -0.39 is 12.2 Å². The molecule has 0 radical (unpaired) electrons. The van der Waals surface area contributed by atoms with E-state index in [2.05, 4.69) is 25.9 Å². The molecular weight excluding hydrogens is 362 g/mol. The summed E-state index contributed by atoms with van der Waals surface area (Å²) < 4.78 is 10.6. The van der Waals surface area contributed by atoms with Gasteiger partial charge in [-0.05, 0) is 25.1 Å². The Balaban J connectivity index is 1.70. The Hall–Kier alpha value is -3.20. The van der Waals surface area contributed by atoms with E-state index in [-0.39, 0.29) is 24.3 Å². The van der Waals surface area contributed by atoms with Gasteiger partial charge in [-0.15, -0.1) is 0 Å². The van der Waals surface area contributed by atoms with Gasteiger partial charge in [0.05, 0.1) is 32.7 Å². The van der Waals surface area contributed by atoms with Crippen LogP contribution in [0, 0.1) is 0 Å². The lowest BCUT2D eigenvalue weighted by Gasteiger charge is -2.30. The molecule has 1 fully saturated rings. The Bertz CT molecular complexity index is 845. The molecule has 9 heteroatoms. The topological polar surface area (TPSA) is 114 Å². The van der Waals surface area contributed by atoms with E-state index in [1.807, 2.05) is 13.0 Å².